The van der Waals surface area contributed by atoms with Crippen LogP contribution in [-0.2, 0) is 4.79 Å². The van der Waals surface area contributed by atoms with Crippen LogP contribution in [0.25, 0.3) is 0 Å². The van der Waals surface area contributed by atoms with Crippen molar-refractivity contribution >= 4 is 28.9 Å². The molecule has 154 valence electrons. The van der Waals surface area contributed by atoms with E-state index in [2.05, 4.69) is 15.6 Å². The van der Waals surface area contributed by atoms with Gasteiger partial charge in [0.1, 0.15) is 17.6 Å². The lowest BCUT2D eigenvalue weighted by Gasteiger charge is -2.25. The molecule has 3 heterocycles. The summed E-state index contributed by atoms with van der Waals surface area (Å²) in [7, 11) is 0. The van der Waals surface area contributed by atoms with Crippen molar-refractivity contribution in [1.29, 1.82) is 0 Å². The molecule has 2 N–H and O–H groups in total. The molecule has 3 aromatic rings. The van der Waals surface area contributed by atoms with Gasteiger partial charge in [-0.1, -0.05) is 23.8 Å². The van der Waals surface area contributed by atoms with Crippen molar-refractivity contribution in [3.63, 3.8) is 0 Å². The van der Waals surface area contributed by atoms with Crippen molar-refractivity contribution in [2.45, 2.75) is 32.4 Å². The average molecular weight is 421 g/mol. The quantitative estimate of drug-likeness (QED) is 0.580. The molecule has 0 bridgehead atoms. The lowest BCUT2D eigenvalue weighted by molar-refractivity contribution is -0.116. The summed E-state index contributed by atoms with van der Waals surface area (Å²) in [6.45, 7) is 4.40. The maximum atomic E-state index is 12.5. The van der Waals surface area contributed by atoms with Gasteiger partial charge in [0.25, 0.3) is 0 Å². The number of benzene rings is 1. The highest BCUT2D eigenvalue weighted by atomic mass is 32.1. The Bertz CT molecular complexity index is 1030. The molecule has 2 atom stereocenters. The zero-order valence-corrected chi connectivity index (χ0v) is 17.8. The molecule has 1 aliphatic heterocycles. The Morgan fingerprint density at radius 3 is 2.63 bits per heavy atom. The summed E-state index contributed by atoms with van der Waals surface area (Å²) in [6.07, 6.45) is 2.07. The second-order valence-corrected chi connectivity index (χ2v) is 7.82. The predicted molar refractivity (Wildman–Crippen MR) is 120 cm³/mol. The van der Waals surface area contributed by atoms with E-state index in [1.54, 1.807) is 6.20 Å². The zero-order chi connectivity index (χ0) is 21.1. The molecule has 1 amide bonds. The van der Waals surface area contributed by atoms with Crippen LogP contribution in [-0.4, -0.2) is 27.4 Å². The number of amides is 1. The van der Waals surface area contributed by atoms with E-state index in [1.807, 2.05) is 73.3 Å². The number of pyridine rings is 1. The molecule has 0 saturated carbocycles. The summed E-state index contributed by atoms with van der Waals surface area (Å²) in [5.74, 6) is 1.58. The standard InChI is InChI=1S/C23H24N4O2S/c1-15-6-9-17(10-7-15)25-20(28)12-14-27-22(19-11-8-16(2)29-19)21(26-23(27)30)18-5-3-4-13-24-18/h3-11,13,21-22H,12,14H2,1-2H3,(H,25,28)(H,26,30)/t21-,22-/m0/s1. The summed E-state index contributed by atoms with van der Waals surface area (Å²) in [4.78, 5) is 19.0. The van der Waals surface area contributed by atoms with Gasteiger partial charge in [0.15, 0.2) is 5.11 Å². The van der Waals surface area contributed by atoms with E-state index in [0.29, 0.717) is 18.1 Å². The summed E-state index contributed by atoms with van der Waals surface area (Å²) in [5, 5.41) is 6.90. The van der Waals surface area contributed by atoms with E-state index >= 15 is 0 Å². The highest BCUT2D eigenvalue weighted by Gasteiger charge is 2.41. The molecule has 4 rings (SSSR count). The van der Waals surface area contributed by atoms with Crippen LogP contribution in [0.4, 0.5) is 5.69 Å². The monoisotopic (exact) mass is 420 g/mol. The Balaban J connectivity index is 1.51. The molecule has 7 heteroatoms. The van der Waals surface area contributed by atoms with Crippen LogP contribution in [0.2, 0.25) is 0 Å². The Kier molecular flexibility index (Phi) is 5.81. The van der Waals surface area contributed by atoms with Gasteiger partial charge in [-0.05, 0) is 62.5 Å². The lowest BCUT2D eigenvalue weighted by Crippen LogP contribution is -2.32. The number of hydrogen-bond acceptors (Lipinski definition) is 4. The normalized spacial score (nSPS) is 18.3. The molecule has 0 unspecified atom stereocenters. The third kappa shape index (κ3) is 4.36. The predicted octanol–water partition coefficient (Wildman–Crippen LogP) is 4.29. The topological polar surface area (TPSA) is 70.4 Å². The largest absolute Gasteiger partial charge is 0.464 e. The van der Waals surface area contributed by atoms with Crippen LogP contribution < -0.4 is 10.6 Å². The van der Waals surface area contributed by atoms with Gasteiger partial charge in [-0.15, -0.1) is 0 Å². The van der Waals surface area contributed by atoms with Crippen molar-refractivity contribution in [2.75, 3.05) is 11.9 Å². The summed E-state index contributed by atoms with van der Waals surface area (Å²) in [6, 6.07) is 17.1. The number of furan rings is 1. The minimum absolute atomic E-state index is 0.0580. The van der Waals surface area contributed by atoms with E-state index in [1.165, 1.54) is 0 Å². The van der Waals surface area contributed by atoms with Gasteiger partial charge < -0.3 is 20.0 Å². The molecule has 1 aliphatic rings. The Morgan fingerprint density at radius 1 is 1.17 bits per heavy atom. The maximum Gasteiger partial charge on any atom is 0.226 e. The molecule has 0 radical (unpaired) electrons. The fraction of sp³-hybridized carbons (Fsp3) is 0.261. The molecule has 0 aliphatic carbocycles. The number of hydrogen-bond donors (Lipinski definition) is 2. The smallest absolute Gasteiger partial charge is 0.226 e. The molecule has 1 saturated heterocycles. The van der Waals surface area contributed by atoms with E-state index in [4.69, 9.17) is 16.6 Å². The van der Waals surface area contributed by atoms with E-state index in [0.717, 1.165) is 28.5 Å². The highest BCUT2D eigenvalue weighted by molar-refractivity contribution is 7.80. The van der Waals surface area contributed by atoms with Crippen LogP contribution in [0, 0.1) is 13.8 Å². The summed E-state index contributed by atoms with van der Waals surface area (Å²) in [5.41, 5.74) is 2.82. The number of thiocarbonyl (C=S) groups is 1. The lowest BCUT2D eigenvalue weighted by atomic mass is 10.0. The molecule has 0 spiro atoms. The fourth-order valence-electron chi connectivity index (χ4n) is 3.65. The Hall–Kier alpha value is -3.19. The molecule has 30 heavy (non-hydrogen) atoms. The maximum absolute atomic E-state index is 12.5. The van der Waals surface area contributed by atoms with Crippen molar-refractivity contribution < 1.29 is 9.21 Å². The highest BCUT2D eigenvalue weighted by Crippen LogP contribution is 2.39. The minimum atomic E-state index is -0.173. The molecular weight excluding hydrogens is 396 g/mol. The molecule has 1 aromatic carbocycles. The number of aromatic nitrogens is 1. The molecular formula is C23H24N4O2S. The second-order valence-electron chi connectivity index (χ2n) is 7.43. The van der Waals surface area contributed by atoms with Gasteiger partial charge in [-0.2, -0.15) is 0 Å². The van der Waals surface area contributed by atoms with Gasteiger partial charge in [0.2, 0.25) is 5.91 Å². The van der Waals surface area contributed by atoms with Gasteiger partial charge in [-0.25, -0.2) is 0 Å². The first-order valence-electron chi connectivity index (χ1n) is 9.92. The number of carbonyl (C=O) groups excluding carboxylic acids is 1. The van der Waals surface area contributed by atoms with Gasteiger partial charge >= 0.3 is 0 Å². The van der Waals surface area contributed by atoms with Crippen molar-refractivity contribution in [3.05, 3.63) is 83.6 Å². The second kappa shape index (κ2) is 8.67. The Labute approximate surface area is 181 Å². The van der Waals surface area contributed by atoms with E-state index in [9.17, 15) is 4.79 Å². The third-order valence-corrected chi connectivity index (χ3v) is 5.52. The fourth-order valence-corrected chi connectivity index (χ4v) is 3.98. The number of rotatable bonds is 6. The first kappa shape index (κ1) is 20.1. The third-order valence-electron chi connectivity index (χ3n) is 5.17. The number of aryl methyl sites for hydroxylation is 2. The van der Waals surface area contributed by atoms with Crippen molar-refractivity contribution in [3.8, 4) is 0 Å². The number of anilines is 1. The van der Waals surface area contributed by atoms with E-state index < -0.39 is 0 Å². The average Bonchev–Trinajstić information content (AvgIpc) is 3.31. The molecule has 2 aromatic heterocycles. The van der Waals surface area contributed by atoms with Crippen LogP contribution in [0.15, 0.2) is 65.2 Å². The SMILES string of the molecule is Cc1ccc(NC(=O)CCN2C(=S)N[C@@H](c3ccccn3)[C@@H]2c2ccc(C)o2)cc1. The number of carbonyl (C=O) groups is 1. The first-order chi connectivity index (χ1) is 14.5. The number of nitrogens with one attached hydrogen (secondary N) is 2. The summed E-state index contributed by atoms with van der Waals surface area (Å²) >= 11 is 5.61. The Morgan fingerprint density at radius 2 is 1.97 bits per heavy atom. The van der Waals surface area contributed by atoms with Crippen LogP contribution >= 0.6 is 12.2 Å². The minimum Gasteiger partial charge on any atom is -0.464 e. The van der Waals surface area contributed by atoms with Gasteiger partial charge in [-0.3, -0.25) is 9.78 Å². The zero-order valence-electron chi connectivity index (χ0n) is 17.0. The van der Waals surface area contributed by atoms with Gasteiger partial charge in [0.05, 0.1) is 11.7 Å². The van der Waals surface area contributed by atoms with E-state index in [-0.39, 0.29) is 18.0 Å². The molecule has 1 fully saturated rings. The van der Waals surface area contributed by atoms with Crippen molar-refractivity contribution in [1.82, 2.24) is 15.2 Å². The van der Waals surface area contributed by atoms with Crippen LogP contribution in [0.5, 0.6) is 0 Å². The molecule has 6 nitrogen and oxygen atoms in total. The first-order valence-corrected chi connectivity index (χ1v) is 10.3. The number of nitrogens with zero attached hydrogens (tertiary/aromatic N) is 2. The van der Waals surface area contributed by atoms with Crippen molar-refractivity contribution in [2.24, 2.45) is 0 Å². The van der Waals surface area contributed by atoms with Crippen LogP contribution in [0.1, 0.15) is 41.3 Å². The van der Waals surface area contributed by atoms with Gasteiger partial charge in [0, 0.05) is 24.8 Å². The van der Waals surface area contributed by atoms with Crippen LogP contribution in [0.3, 0.4) is 0 Å². The summed E-state index contributed by atoms with van der Waals surface area (Å²) < 4.78 is 5.94.